The monoisotopic (exact) mass is 324 g/mol. The lowest BCUT2D eigenvalue weighted by molar-refractivity contribution is 0.591. The van der Waals surface area contributed by atoms with Crippen molar-refractivity contribution in [1.29, 1.82) is 0 Å². The van der Waals surface area contributed by atoms with Gasteiger partial charge in [0.2, 0.25) is 0 Å². The van der Waals surface area contributed by atoms with Crippen molar-refractivity contribution >= 4 is 23.0 Å². The molecule has 2 aromatic carbocycles. The van der Waals surface area contributed by atoms with Crippen LogP contribution in [0.5, 0.6) is 0 Å². The molecule has 2 rings (SSSR count). The Morgan fingerprint density at radius 3 is 2.23 bits per heavy atom. The number of hydrogen-bond acceptors (Lipinski definition) is 1. The second-order valence-corrected chi connectivity index (χ2v) is 5.12. The molecule has 6 heteroatoms. The van der Waals surface area contributed by atoms with E-state index in [0.717, 1.165) is 30.5 Å². The molecule has 0 bridgehead atoms. The molecule has 0 saturated carbocycles. The molecule has 116 valence electrons. The van der Waals surface area contributed by atoms with Crippen LogP contribution in [-0.4, -0.2) is 11.7 Å². The molecule has 2 nitrogen and oxygen atoms in total. The molecule has 0 heterocycles. The summed E-state index contributed by atoms with van der Waals surface area (Å²) in [7, 11) is 0. The van der Waals surface area contributed by atoms with Crippen molar-refractivity contribution in [1.82, 2.24) is 5.32 Å². The Morgan fingerprint density at radius 2 is 1.59 bits per heavy atom. The number of anilines is 1. The molecule has 2 aromatic rings. The quantitative estimate of drug-likeness (QED) is 0.641. The minimum absolute atomic E-state index is 0.156. The van der Waals surface area contributed by atoms with E-state index in [4.69, 9.17) is 12.2 Å². The molecular weight excluding hydrogens is 309 g/mol. The predicted molar refractivity (Wildman–Crippen MR) is 85.3 cm³/mol. The van der Waals surface area contributed by atoms with Crippen LogP contribution in [0.15, 0.2) is 42.5 Å². The van der Waals surface area contributed by atoms with Crippen molar-refractivity contribution in [3.63, 3.8) is 0 Å². The molecule has 0 aliphatic rings. The van der Waals surface area contributed by atoms with E-state index < -0.39 is 11.6 Å². The molecular formula is C16H15F3N2S. The summed E-state index contributed by atoms with van der Waals surface area (Å²) in [6.07, 6.45) is 1.51. The molecule has 22 heavy (non-hydrogen) atoms. The summed E-state index contributed by atoms with van der Waals surface area (Å²) in [4.78, 5) is 0. The number of halogens is 3. The van der Waals surface area contributed by atoms with Crippen molar-refractivity contribution in [2.75, 3.05) is 11.9 Å². The summed E-state index contributed by atoms with van der Waals surface area (Å²) in [5.74, 6) is -1.66. The fraction of sp³-hybridized carbons (Fsp3) is 0.188. The fourth-order valence-electron chi connectivity index (χ4n) is 1.92. The van der Waals surface area contributed by atoms with Gasteiger partial charge in [0.1, 0.15) is 23.1 Å². The lowest BCUT2D eigenvalue weighted by Crippen LogP contribution is -2.30. The van der Waals surface area contributed by atoms with Crippen LogP contribution in [0.3, 0.4) is 0 Å². The van der Waals surface area contributed by atoms with Gasteiger partial charge in [-0.3, -0.25) is 0 Å². The lowest BCUT2D eigenvalue weighted by atomic mass is 10.1. The van der Waals surface area contributed by atoms with E-state index in [2.05, 4.69) is 10.6 Å². The van der Waals surface area contributed by atoms with Crippen molar-refractivity contribution in [3.8, 4) is 0 Å². The number of hydrogen-bond donors (Lipinski definition) is 2. The summed E-state index contributed by atoms with van der Waals surface area (Å²) >= 11 is 5.00. The maximum Gasteiger partial charge on any atom is 0.170 e. The Balaban J connectivity index is 1.75. The largest absolute Gasteiger partial charge is 0.362 e. The van der Waals surface area contributed by atoms with Crippen molar-refractivity contribution in [2.45, 2.75) is 12.8 Å². The van der Waals surface area contributed by atoms with Crippen molar-refractivity contribution in [2.24, 2.45) is 0 Å². The smallest absolute Gasteiger partial charge is 0.170 e. The summed E-state index contributed by atoms with van der Waals surface area (Å²) in [5, 5.41) is 5.54. The van der Waals surface area contributed by atoms with Gasteiger partial charge in [-0.2, -0.15) is 0 Å². The Bertz CT molecular complexity index is 624. The highest BCUT2D eigenvalue weighted by molar-refractivity contribution is 7.80. The van der Waals surface area contributed by atoms with Crippen molar-refractivity contribution in [3.05, 3.63) is 65.5 Å². The molecule has 0 spiro atoms. The van der Waals surface area contributed by atoms with Crippen LogP contribution in [0.4, 0.5) is 18.9 Å². The topological polar surface area (TPSA) is 24.1 Å². The van der Waals surface area contributed by atoms with Gasteiger partial charge in [-0.1, -0.05) is 18.2 Å². The van der Waals surface area contributed by atoms with Gasteiger partial charge in [0.15, 0.2) is 5.11 Å². The van der Waals surface area contributed by atoms with Gasteiger partial charge in [-0.05, 0) is 54.9 Å². The first-order valence-corrected chi connectivity index (χ1v) is 7.20. The average molecular weight is 324 g/mol. The summed E-state index contributed by atoms with van der Waals surface area (Å²) in [6.45, 7) is 0.541. The first-order valence-electron chi connectivity index (χ1n) is 6.79. The van der Waals surface area contributed by atoms with Crippen molar-refractivity contribution < 1.29 is 13.2 Å². The van der Waals surface area contributed by atoms with E-state index in [-0.39, 0.29) is 16.6 Å². The first kappa shape index (κ1) is 16.3. The molecule has 2 N–H and O–H groups in total. The first-order chi connectivity index (χ1) is 10.6. The maximum absolute atomic E-state index is 13.4. The molecule has 0 aliphatic carbocycles. The molecule has 0 unspecified atom stereocenters. The zero-order valence-electron chi connectivity index (χ0n) is 11.7. The Morgan fingerprint density at radius 1 is 0.955 bits per heavy atom. The predicted octanol–water partition coefficient (Wildman–Crippen LogP) is 4.02. The van der Waals surface area contributed by atoms with Gasteiger partial charge in [0.05, 0.1) is 0 Å². The van der Waals surface area contributed by atoms with E-state index in [1.165, 1.54) is 18.2 Å². The number of nitrogens with one attached hydrogen (secondary N) is 2. The summed E-state index contributed by atoms with van der Waals surface area (Å²) in [5.41, 5.74) is 0.751. The van der Waals surface area contributed by atoms with Gasteiger partial charge in [0.25, 0.3) is 0 Å². The van der Waals surface area contributed by atoms with E-state index >= 15 is 0 Å². The Hall–Kier alpha value is -2.08. The highest BCUT2D eigenvalue weighted by Gasteiger charge is 2.09. The molecule has 0 aromatic heterocycles. The Kier molecular flexibility index (Phi) is 5.77. The van der Waals surface area contributed by atoms with E-state index in [1.54, 1.807) is 12.1 Å². The van der Waals surface area contributed by atoms with Crippen LogP contribution in [0, 0.1) is 17.5 Å². The SMILES string of the molecule is Fc1ccc(CCCNC(=S)Nc2c(F)cccc2F)cc1. The lowest BCUT2D eigenvalue weighted by Gasteiger charge is -2.11. The number of aryl methyl sites for hydroxylation is 1. The number of para-hydroxylation sites is 1. The molecule has 0 amide bonds. The minimum atomic E-state index is -0.699. The fourth-order valence-corrected chi connectivity index (χ4v) is 2.12. The van der Waals surface area contributed by atoms with Crippen LogP contribution in [0.1, 0.15) is 12.0 Å². The van der Waals surface area contributed by atoms with E-state index in [0.29, 0.717) is 6.54 Å². The van der Waals surface area contributed by atoms with Crippen LogP contribution in [-0.2, 0) is 6.42 Å². The van der Waals surface area contributed by atoms with Gasteiger partial charge in [-0.15, -0.1) is 0 Å². The highest BCUT2D eigenvalue weighted by atomic mass is 32.1. The highest BCUT2D eigenvalue weighted by Crippen LogP contribution is 2.17. The molecule has 0 atom stereocenters. The third-order valence-corrected chi connectivity index (χ3v) is 3.29. The second kappa shape index (κ2) is 7.79. The van der Waals surface area contributed by atoms with E-state index in [9.17, 15) is 13.2 Å². The van der Waals surface area contributed by atoms with Gasteiger partial charge in [0, 0.05) is 6.54 Å². The second-order valence-electron chi connectivity index (χ2n) is 4.71. The number of benzene rings is 2. The van der Waals surface area contributed by atoms with Crippen LogP contribution in [0.2, 0.25) is 0 Å². The standard InChI is InChI=1S/C16H15F3N2S/c17-12-8-6-11(7-9-12)3-2-10-20-16(22)21-15-13(18)4-1-5-14(15)19/h1,4-9H,2-3,10H2,(H2,20,21,22). The molecule has 0 radical (unpaired) electrons. The average Bonchev–Trinajstić information content (AvgIpc) is 2.49. The van der Waals surface area contributed by atoms with E-state index in [1.807, 2.05) is 0 Å². The molecule has 0 saturated heterocycles. The third-order valence-electron chi connectivity index (χ3n) is 3.04. The van der Waals surface area contributed by atoms with Gasteiger partial charge >= 0.3 is 0 Å². The molecule has 0 aliphatic heterocycles. The Labute approximate surface area is 132 Å². The molecule has 0 fully saturated rings. The summed E-state index contributed by atoms with van der Waals surface area (Å²) in [6, 6.07) is 9.87. The zero-order valence-corrected chi connectivity index (χ0v) is 12.5. The number of thiocarbonyl (C=S) groups is 1. The maximum atomic E-state index is 13.4. The van der Waals surface area contributed by atoms with Crippen LogP contribution < -0.4 is 10.6 Å². The third kappa shape index (κ3) is 4.73. The van der Waals surface area contributed by atoms with Crippen LogP contribution >= 0.6 is 12.2 Å². The minimum Gasteiger partial charge on any atom is -0.362 e. The van der Waals surface area contributed by atoms with Crippen LogP contribution in [0.25, 0.3) is 0 Å². The normalized spacial score (nSPS) is 10.3. The summed E-state index contributed by atoms with van der Waals surface area (Å²) < 4.78 is 39.6. The van der Waals surface area contributed by atoms with Gasteiger partial charge in [-0.25, -0.2) is 13.2 Å². The zero-order chi connectivity index (χ0) is 15.9. The van der Waals surface area contributed by atoms with Gasteiger partial charge < -0.3 is 10.6 Å². The number of rotatable bonds is 5.